The summed E-state index contributed by atoms with van der Waals surface area (Å²) in [6.07, 6.45) is 0. The van der Waals surface area contributed by atoms with Gasteiger partial charge in [-0.15, -0.1) is 0 Å². The fourth-order valence-corrected chi connectivity index (χ4v) is 3.40. The van der Waals surface area contributed by atoms with Crippen molar-refractivity contribution >= 4 is 39.9 Å². The molecule has 0 atom stereocenters. The first-order valence-corrected chi connectivity index (χ1v) is 9.49. The first kappa shape index (κ1) is 19.2. The molecule has 0 N–H and O–H groups in total. The van der Waals surface area contributed by atoms with Crippen molar-refractivity contribution in [3.05, 3.63) is 104 Å². The van der Waals surface area contributed by atoms with Gasteiger partial charge in [0.05, 0.1) is 11.1 Å². The second-order valence-corrected chi connectivity index (χ2v) is 7.10. The van der Waals surface area contributed by atoms with Crippen LogP contribution in [0.15, 0.2) is 77.6 Å². The number of nitrogens with zero attached hydrogens (tertiary/aromatic N) is 2. The molecule has 0 aliphatic carbocycles. The van der Waals surface area contributed by atoms with E-state index in [4.69, 9.17) is 27.9 Å². The number of para-hydroxylation sites is 1. The van der Waals surface area contributed by atoms with Crippen molar-refractivity contribution in [1.82, 2.24) is 9.78 Å². The number of benzene rings is 3. The first-order chi connectivity index (χ1) is 14.0. The highest BCUT2D eigenvalue weighted by Gasteiger charge is 2.19. The summed E-state index contributed by atoms with van der Waals surface area (Å²) in [6, 6.07) is 20.6. The van der Waals surface area contributed by atoms with Gasteiger partial charge in [-0.3, -0.25) is 4.79 Å². The number of fused-ring (bicyclic) bond motifs is 1. The van der Waals surface area contributed by atoms with Gasteiger partial charge in [-0.1, -0.05) is 65.7 Å². The predicted molar refractivity (Wildman–Crippen MR) is 113 cm³/mol. The molecule has 29 heavy (non-hydrogen) atoms. The molecule has 0 saturated heterocycles. The van der Waals surface area contributed by atoms with Crippen molar-refractivity contribution in [3.63, 3.8) is 0 Å². The first-order valence-electron chi connectivity index (χ1n) is 8.73. The summed E-state index contributed by atoms with van der Waals surface area (Å²) in [4.78, 5) is 25.7. The lowest BCUT2D eigenvalue weighted by Gasteiger charge is -2.11. The topological polar surface area (TPSA) is 61.2 Å². The smallest absolute Gasteiger partial charge is 0.359 e. The molecule has 0 spiro atoms. The quantitative estimate of drug-likeness (QED) is 0.430. The molecule has 0 aliphatic heterocycles. The number of rotatable bonds is 4. The third-order valence-electron chi connectivity index (χ3n) is 4.37. The number of hydrogen-bond acceptors (Lipinski definition) is 4. The Morgan fingerprint density at radius 2 is 1.62 bits per heavy atom. The standard InChI is InChI=1S/C22H14Cl2N2O3/c23-15-11-10-14(19(24)12-15)13-29-22(28)20-17-8-4-5-9-18(17)21(27)26(25-20)16-6-2-1-3-7-16/h1-12H,13H2. The van der Waals surface area contributed by atoms with Crippen LogP contribution in [0.5, 0.6) is 0 Å². The van der Waals surface area contributed by atoms with Gasteiger partial charge in [0.25, 0.3) is 5.56 Å². The van der Waals surface area contributed by atoms with E-state index >= 15 is 0 Å². The summed E-state index contributed by atoms with van der Waals surface area (Å²) < 4.78 is 6.63. The Balaban J connectivity index is 1.75. The fraction of sp³-hybridized carbons (Fsp3) is 0.0455. The van der Waals surface area contributed by atoms with Crippen molar-refractivity contribution in [2.45, 2.75) is 6.61 Å². The zero-order chi connectivity index (χ0) is 20.4. The van der Waals surface area contributed by atoms with Gasteiger partial charge in [-0.25, -0.2) is 4.79 Å². The number of halogens is 2. The maximum atomic E-state index is 12.9. The summed E-state index contributed by atoms with van der Waals surface area (Å²) in [7, 11) is 0. The van der Waals surface area contributed by atoms with Crippen LogP contribution in [0.25, 0.3) is 16.5 Å². The van der Waals surface area contributed by atoms with Crippen LogP contribution in [-0.2, 0) is 11.3 Å². The maximum Gasteiger partial charge on any atom is 0.359 e. The average Bonchev–Trinajstić information content (AvgIpc) is 2.74. The monoisotopic (exact) mass is 424 g/mol. The lowest BCUT2D eigenvalue weighted by molar-refractivity contribution is 0.0466. The van der Waals surface area contributed by atoms with E-state index in [2.05, 4.69) is 5.10 Å². The molecule has 3 aromatic carbocycles. The molecular formula is C22H14Cl2N2O3. The van der Waals surface area contributed by atoms with Gasteiger partial charge in [-0.05, 0) is 30.3 Å². The highest BCUT2D eigenvalue weighted by atomic mass is 35.5. The van der Waals surface area contributed by atoms with Crippen LogP contribution in [-0.4, -0.2) is 15.7 Å². The predicted octanol–water partition coefficient (Wildman–Crippen LogP) is 5.05. The zero-order valence-electron chi connectivity index (χ0n) is 15.0. The molecule has 0 amide bonds. The average molecular weight is 425 g/mol. The molecule has 1 heterocycles. The third-order valence-corrected chi connectivity index (χ3v) is 4.96. The molecule has 0 saturated carbocycles. The Morgan fingerprint density at radius 1 is 0.931 bits per heavy atom. The van der Waals surface area contributed by atoms with E-state index < -0.39 is 5.97 Å². The van der Waals surface area contributed by atoms with Gasteiger partial charge in [-0.2, -0.15) is 9.78 Å². The zero-order valence-corrected chi connectivity index (χ0v) is 16.5. The van der Waals surface area contributed by atoms with Crippen molar-refractivity contribution in [3.8, 4) is 5.69 Å². The minimum absolute atomic E-state index is 0.0463. The molecule has 0 radical (unpaired) electrons. The van der Waals surface area contributed by atoms with Crippen LogP contribution in [0.2, 0.25) is 10.0 Å². The Labute approximate surface area is 176 Å². The van der Waals surface area contributed by atoms with E-state index in [1.165, 1.54) is 4.68 Å². The highest BCUT2D eigenvalue weighted by molar-refractivity contribution is 6.35. The molecule has 4 rings (SSSR count). The molecule has 5 nitrogen and oxygen atoms in total. The summed E-state index contributed by atoms with van der Waals surface area (Å²) in [6.45, 7) is -0.0463. The van der Waals surface area contributed by atoms with Crippen molar-refractivity contribution in [2.24, 2.45) is 0 Å². The van der Waals surface area contributed by atoms with Crippen molar-refractivity contribution < 1.29 is 9.53 Å². The molecule has 144 valence electrons. The van der Waals surface area contributed by atoms with E-state index in [0.29, 0.717) is 32.1 Å². The number of hydrogen-bond donors (Lipinski definition) is 0. The highest BCUT2D eigenvalue weighted by Crippen LogP contribution is 2.22. The van der Waals surface area contributed by atoms with E-state index in [1.807, 2.05) is 6.07 Å². The van der Waals surface area contributed by atoms with Crippen molar-refractivity contribution in [1.29, 1.82) is 0 Å². The summed E-state index contributed by atoms with van der Waals surface area (Å²) in [5.41, 5.74) is 0.904. The van der Waals surface area contributed by atoms with Crippen molar-refractivity contribution in [2.75, 3.05) is 0 Å². The Bertz CT molecular complexity index is 1270. The molecule has 0 bridgehead atoms. The van der Waals surface area contributed by atoms with E-state index in [1.54, 1.807) is 66.7 Å². The SMILES string of the molecule is O=C(OCc1ccc(Cl)cc1Cl)c1nn(-c2ccccc2)c(=O)c2ccccc12. The van der Waals surface area contributed by atoms with Gasteiger partial charge >= 0.3 is 5.97 Å². The van der Waals surface area contributed by atoms with E-state index in [0.717, 1.165) is 0 Å². The van der Waals surface area contributed by atoms with Crippen LogP contribution >= 0.6 is 23.2 Å². The fourth-order valence-electron chi connectivity index (χ4n) is 2.93. The molecular weight excluding hydrogens is 411 g/mol. The number of carbonyl (C=O) groups is 1. The molecule has 0 unspecified atom stereocenters. The van der Waals surface area contributed by atoms with Gasteiger partial charge < -0.3 is 4.74 Å². The third kappa shape index (κ3) is 3.88. The van der Waals surface area contributed by atoms with E-state index in [-0.39, 0.29) is 17.9 Å². The van der Waals surface area contributed by atoms with E-state index in [9.17, 15) is 9.59 Å². The van der Waals surface area contributed by atoms with Crippen LogP contribution < -0.4 is 5.56 Å². The summed E-state index contributed by atoms with van der Waals surface area (Å²) in [5, 5.41) is 5.99. The van der Waals surface area contributed by atoms with Crippen LogP contribution in [0.1, 0.15) is 16.1 Å². The van der Waals surface area contributed by atoms with Gasteiger partial charge in [0.15, 0.2) is 5.69 Å². The number of ether oxygens (including phenoxy) is 1. The largest absolute Gasteiger partial charge is 0.456 e. The molecule has 0 aliphatic rings. The van der Waals surface area contributed by atoms with Gasteiger partial charge in [0, 0.05) is 21.0 Å². The summed E-state index contributed by atoms with van der Waals surface area (Å²) in [5.74, 6) is -0.656. The lowest BCUT2D eigenvalue weighted by Crippen LogP contribution is -2.25. The second-order valence-electron chi connectivity index (χ2n) is 6.26. The second kappa shape index (κ2) is 8.07. The van der Waals surface area contributed by atoms with Gasteiger partial charge in [0.1, 0.15) is 6.61 Å². The lowest BCUT2D eigenvalue weighted by atomic mass is 10.1. The Morgan fingerprint density at radius 3 is 2.34 bits per heavy atom. The Hall–Kier alpha value is -3.15. The molecule has 4 aromatic rings. The van der Waals surface area contributed by atoms with Crippen LogP contribution in [0, 0.1) is 0 Å². The van der Waals surface area contributed by atoms with Gasteiger partial charge in [0.2, 0.25) is 0 Å². The maximum absolute atomic E-state index is 12.9. The number of esters is 1. The molecule has 7 heteroatoms. The minimum Gasteiger partial charge on any atom is -0.456 e. The minimum atomic E-state index is -0.656. The van der Waals surface area contributed by atoms with Crippen LogP contribution in [0.4, 0.5) is 0 Å². The number of carbonyl (C=O) groups excluding carboxylic acids is 1. The normalized spacial score (nSPS) is 10.8. The summed E-state index contributed by atoms with van der Waals surface area (Å²) >= 11 is 12.0. The Kier molecular flexibility index (Phi) is 5.34. The molecule has 1 aromatic heterocycles. The van der Waals surface area contributed by atoms with Crippen LogP contribution in [0.3, 0.4) is 0 Å². The molecule has 0 fully saturated rings. The number of aromatic nitrogens is 2.